The quantitative estimate of drug-likeness (QED) is 0.557. The third-order valence-corrected chi connectivity index (χ3v) is 2.54. The first-order valence-corrected chi connectivity index (χ1v) is 5.66. The third kappa shape index (κ3) is 3.09. The molecule has 1 heterocycles. The maximum Gasteiger partial charge on any atom is 0.267 e. The molecule has 2 rings (SSSR count). The smallest absolute Gasteiger partial charge is 0.267 e. The Balaban J connectivity index is 1.96. The molecular formula is C11H15N5O2. The highest BCUT2D eigenvalue weighted by Gasteiger charge is 2.23. The maximum absolute atomic E-state index is 11.5. The Bertz CT molecular complexity index is 484. The summed E-state index contributed by atoms with van der Waals surface area (Å²) in [6, 6.07) is 3.27. The second-order valence-electron chi connectivity index (χ2n) is 4.19. The number of hydrogen-bond donors (Lipinski definition) is 4. The molecule has 0 unspecified atom stereocenters. The van der Waals surface area contributed by atoms with Gasteiger partial charge in [0.15, 0.2) is 5.82 Å². The highest BCUT2D eigenvalue weighted by atomic mass is 16.2. The highest BCUT2D eigenvalue weighted by molar-refractivity contribution is 5.92. The lowest BCUT2D eigenvalue weighted by atomic mass is 10.3. The van der Waals surface area contributed by atoms with Gasteiger partial charge in [-0.3, -0.25) is 9.59 Å². The predicted octanol–water partition coefficient (Wildman–Crippen LogP) is -0.547. The van der Waals surface area contributed by atoms with Gasteiger partial charge in [-0.1, -0.05) is 0 Å². The lowest BCUT2D eigenvalue weighted by Gasteiger charge is -2.09. The Morgan fingerprint density at radius 1 is 1.39 bits per heavy atom. The molecule has 0 saturated heterocycles. The number of nitrogens with one attached hydrogen (secondary N) is 2. The number of aromatic nitrogens is 1. The van der Waals surface area contributed by atoms with E-state index < -0.39 is 5.91 Å². The van der Waals surface area contributed by atoms with E-state index in [2.05, 4.69) is 15.6 Å². The van der Waals surface area contributed by atoms with Crippen molar-refractivity contribution in [2.24, 2.45) is 5.73 Å². The molecule has 7 nitrogen and oxygen atoms in total. The Morgan fingerprint density at radius 2 is 2.11 bits per heavy atom. The molecule has 1 aliphatic rings. The lowest BCUT2D eigenvalue weighted by Crippen LogP contribution is -2.31. The predicted molar refractivity (Wildman–Crippen MR) is 66.8 cm³/mol. The first-order valence-electron chi connectivity index (χ1n) is 5.66. The minimum Gasteiger partial charge on any atom is -0.396 e. The molecule has 0 aliphatic heterocycles. The number of amides is 2. The Hall–Kier alpha value is -2.31. The molecule has 0 bridgehead atoms. The van der Waals surface area contributed by atoms with E-state index in [1.807, 2.05) is 0 Å². The molecule has 1 saturated carbocycles. The van der Waals surface area contributed by atoms with Crippen LogP contribution in [0.3, 0.4) is 0 Å². The van der Waals surface area contributed by atoms with Crippen molar-refractivity contribution in [2.75, 3.05) is 17.6 Å². The van der Waals surface area contributed by atoms with Crippen LogP contribution in [-0.2, 0) is 4.79 Å². The molecule has 18 heavy (non-hydrogen) atoms. The van der Waals surface area contributed by atoms with Gasteiger partial charge in [0.2, 0.25) is 5.91 Å². The van der Waals surface area contributed by atoms with Crippen LogP contribution in [0.5, 0.6) is 0 Å². The molecule has 1 aromatic heterocycles. The van der Waals surface area contributed by atoms with Crippen LogP contribution in [0.1, 0.15) is 23.3 Å². The number of hydrogen-bond acceptors (Lipinski definition) is 5. The molecule has 1 aliphatic carbocycles. The molecule has 6 N–H and O–H groups in total. The van der Waals surface area contributed by atoms with Crippen molar-refractivity contribution in [1.29, 1.82) is 0 Å². The maximum atomic E-state index is 11.5. The number of carbonyl (C=O) groups is 2. The van der Waals surface area contributed by atoms with E-state index in [9.17, 15) is 9.59 Å². The first kappa shape index (κ1) is 12.2. The van der Waals surface area contributed by atoms with Gasteiger partial charge in [0.05, 0.1) is 12.2 Å². The van der Waals surface area contributed by atoms with Gasteiger partial charge in [-0.25, -0.2) is 4.98 Å². The van der Waals surface area contributed by atoms with E-state index in [4.69, 9.17) is 11.5 Å². The normalized spacial score (nSPS) is 14.0. The van der Waals surface area contributed by atoms with Crippen LogP contribution < -0.4 is 22.1 Å². The van der Waals surface area contributed by atoms with Crippen molar-refractivity contribution < 1.29 is 9.59 Å². The second kappa shape index (κ2) is 4.91. The minimum atomic E-state index is -0.638. The molecular weight excluding hydrogens is 234 g/mol. The lowest BCUT2D eigenvalue weighted by molar-refractivity contribution is -0.119. The van der Waals surface area contributed by atoms with Crippen LogP contribution >= 0.6 is 0 Å². The van der Waals surface area contributed by atoms with Crippen LogP contribution in [0, 0.1) is 0 Å². The number of nitrogens with two attached hydrogens (primary N) is 2. The van der Waals surface area contributed by atoms with Crippen LogP contribution in [0.15, 0.2) is 12.1 Å². The summed E-state index contributed by atoms with van der Waals surface area (Å²) < 4.78 is 0. The molecule has 0 aromatic carbocycles. The number of anilines is 2. The van der Waals surface area contributed by atoms with Gasteiger partial charge < -0.3 is 22.1 Å². The Kier molecular flexibility index (Phi) is 3.31. The average molecular weight is 249 g/mol. The number of primary amides is 1. The van der Waals surface area contributed by atoms with Crippen molar-refractivity contribution in [2.45, 2.75) is 18.9 Å². The van der Waals surface area contributed by atoms with Gasteiger partial charge >= 0.3 is 0 Å². The topological polar surface area (TPSA) is 123 Å². The fourth-order valence-corrected chi connectivity index (χ4v) is 1.42. The van der Waals surface area contributed by atoms with Crippen molar-refractivity contribution in [1.82, 2.24) is 10.3 Å². The first-order chi connectivity index (χ1) is 8.56. The van der Waals surface area contributed by atoms with Crippen LogP contribution in [-0.4, -0.2) is 29.4 Å². The summed E-state index contributed by atoms with van der Waals surface area (Å²) in [5.74, 6) is -0.471. The monoisotopic (exact) mass is 249 g/mol. The number of nitrogens with zero attached hydrogens (tertiary/aromatic N) is 1. The molecule has 0 atom stereocenters. The fraction of sp³-hybridized carbons (Fsp3) is 0.364. The fourth-order valence-electron chi connectivity index (χ4n) is 1.42. The Labute approximate surface area is 104 Å². The molecule has 1 aromatic rings. The number of carbonyl (C=O) groups excluding carboxylic acids is 2. The van der Waals surface area contributed by atoms with Crippen molar-refractivity contribution in [3.05, 3.63) is 17.8 Å². The van der Waals surface area contributed by atoms with E-state index in [0.717, 1.165) is 12.8 Å². The van der Waals surface area contributed by atoms with E-state index in [1.54, 1.807) is 0 Å². The number of nitrogen functional groups attached to an aromatic ring is 1. The summed E-state index contributed by atoms with van der Waals surface area (Å²) in [6.07, 6.45) is 2.06. The zero-order valence-corrected chi connectivity index (χ0v) is 9.77. The SMILES string of the molecule is NC(=O)c1ccc(N)c(NCC(=O)NC2CC2)n1. The molecule has 2 amide bonds. The molecule has 1 fully saturated rings. The molecule has 0 spiro atoms. The molecule has 0 radical (unpaired) electrons. The summed E-state index contributed by atoms with van der Waals surface area (Å²) in [4.78, 5) is 26.4. The van der Waals surface area contributed by atoms with E-state index in [0.29, 0.717) is 11.7 Å². The van der Waals surface area contributed by atoms with Crippen LogP contribution in [0.4, 0.5) is 11.5 Å². The highest BCUT2D eigenvalue weighted by Crippen LogP contribution is 2.18. The van der Waals surface area contributed by atoms with Gasteiger partial charge in [0, 0.05) is 6.04 Å². The standard InChI is InChI=1S/C11H15N5O2/c12-7-3-4-8(10(13)18)16-11(7)14-5-9(17)15-6-1-2-6/h3-4,6H,1-2,5,12H2,(H2,13,18)(H,14,16)(H,15,17). The van der Waals surface area contributed by atoms with Gasteiger partial charge in [0.1, 0.15) is 5.69 Å². The van der Waals surface area contributed by atoms with Crippen molar-refractivity contribution in [3.8, 4) is 0 Å². The molecule has 96 valence electrons. The average Bonchev–Trinajstić information content (AvgIpc) is 3.11. The summed E-state index contributed by atoms with van der Waals surface area (Å²) in [5.41, 5.74) is 11.3. The van der Waals surface area contributed by atoms with Gasteiger partial charge in [-0.05, 0) is 25.0 Å². The number of pyridine rings is 1. The third-order valence-electron chi connectivity index (χ3n) is 2.54. The molecule has 7 heteroatoms. The minimum absolute atomic E-state index is 0.0654. The Morgan fingerprint density at radius 3 is 2.72 bits per heavy atom. The summed E-state index contributed by atoms with van der Waals surface area (Å²) in [7, 11) is 0. The van der Waals surface area contributed by atoms with E-state index in [1.165, 1.54) is 12.1 Å². The van der Waals surface area contributed by atoms with Gasteiger partial charge in [0.25, 0.3) is 5.91 Å². The summed E-state index contributed by atoms with van der Waals surface area (Å²) >= 11 is 0. The van der Waals surface area contributed by atoms with E-state index >= 15 is 0 Å². The summed E-state index contributed by atoms with van der Waals surface area (Å²) in [5, 5.41) is 5.60. The van der Waals surface area contributed by atoms with Crippen molar-refractivity contribution >= 4 is 23.3 Å². The zero-order chi connectivity index (χ0) is 13.1. The number of rotatable bonds is 5. The summed E-state index contributed by atoms with van der Waals surface area (Å²) in [6.45, 7) is 0.0654. The largest absolute Gasteiger partial charge is 0.396 e. The van der Waals surface area contributed by atoms with Gasteiger partial charge in [-0.15, -0.1) is 0 Å². The van der Waals surface area contributed by atoms with Gasteiger partial charge in [-0.2, -0.15) is 0 Å². The van der Waals surface area contributed by atoms with Crippen LogP contribution in [0.2, 0.25) is 0 Å². The van der Waals surface area contributed by atoms with Crippen molar-refractivity contribution in [3.63, 3.8) is 0 Å². The van der Waals surface area contributed by atoms with E-state index in [-0.39, 0.29) is 24.0 Å². The second-order valence-corrected chi connectivity index (χ2v) is 4.19. The zero-order valence-electron chi connectivity index (χ0n) is 9.77. The van der Waals surface area contributed by atoms with Crippen LogP contribution in [0.25, 0.3) is 0 Å².